The Kier molecular flexibility index (Phi) is 6.17. The monoisotopic (exact) mass is 236 g/mol. The number of rotatable bonds is 7. The Morgan fingerprint density at radius 1 is 1.29 bits per heavy atom. The summed E-state index contributed by atoms with van der Waals surface area (Å²) in [4.78, 5) is 21.8. The first-order chi connectivity index (χ1) is 8.27. The van der Waals surface area contributed by atoms with E-state index in [-0.39, 0.29) is 5.91 Å². The minimum atomic E-state index is -0.171. The molecule has 5 nitrogen and oxygen atoms in total. The van der Waals surface area contributed by atoms with E-state index in [1.165, 1.54) is 12.4 Å². The van der Waals surface area contributed by atoms with Crippen molar-refractivity contribution < 1.29 is 4.79 Å². The molecular weight excluding hydrogens is 216 g/mol. The van der Waals surface area contributed by atoms with Gasteiger partial charge < -0.3 is 5.32 Å². The van der Waals surface area contributed by atoms with Crippen LogP contribution in [0.5, 0.6) is 0 Å². The molecule has 1 N–H and O–H groups in total. The van der Waals surface area contributed by atoms with Gasteiger partial charge in [0.05, 0.1) is 12.9 Å². The quantitative estimate of drug-likeness (QED) is 0.725. The first kappa shape index (κ1) is 13.6. The number of hydrogen-bond donors (Lipinski definition) is 1. The van der Waals surface area contributed by atoms with Gasteiger partial charge in [0.15, 0.2) is 0 Å². The zero-order valence-corrected chi connectivity index (χ0v) is 10.5. The highest BCUT2D eigenvalue weighted by atomic mass is 16.2. The summed E-state index contributed by atoms with van der Waals surface area (Å²) in [7, 11) is 0. The van der Waals surface area contributed by atoms with Gasteiger partial charge >= 0.3 is 0 Å². The van der Waals surface area contributed by atoms with Gasteiger partial charge in [-0.3, -0.25) is 14.7 Å². The van der Waals surface area contributed by atoms with Crippen LogP contribution in [-0.2, 0) is 0 Å². The molecule has 0 saturated carbocycles. The average Bonchev–Trinajstić information content (AvgIpc) is 2.37. The highest BCUT2D eigenvalue weighted by Crippen LogP contribution is 1.94. The molecule has 0 aliphatic rings. The van der Waals surface area contributed by atoms with Crippen LogP contribution < -0.4 is 5.32 Å². The van der Waals surface area contributed by atoms with Crippen LogP contribution in [0.2, 0.25) is 0 Å². The van der Waals surface area contributed by atoms with Crippen LogP contribution >= 0.6 is 0 Å². The summed E-state index contributed by atoms with van der Waals surface area (Å²) in [5.74, 6) is -0.171. The molecule has 0 spiro atoms. The number of nitrogens with one attached hydrogen (secondary N) is 1. The summed E-state index contributed by atoms with van der Waals surface area (Å²) in [5, 5.41) is 2.85. The minimum absolute atomic E-state index is 0.171. The van der Waals surface area contributed by atoms with Gasteiger partial charge in [-0.1, -0.05) is 13.8 Å². The molecule has 17 heavy (non-hydrogen) atoms. The molecule has 0 aromatic carbocycles. The van der Waals surface area contributed by atoms with Crippen LogP contribution in [0.15, 0.2) is 18.6 Å². The van der Waals surface area contributed by atoms with Crippen molar-refractivity contribution in [3.8, 4) is 0 Å². The number of carbonyl (C=O) groups excluding carboxylic acids is 1. The minimum Gasteiger partial charge on any atom is -0.338 e. The fourth-order valence-corrected chi connectivity index (χ4v) is 1.59. The van der Waals surface area contributed by atoms with E-state index in [4.69, 9.17) is 0 Å². The maximum absolute atomic E-state index is 11.7. The predicted molar refractivity (Wildman–Crippen MR) is 66.5 cm³/mol. The molecule has 0 atom stereocenters. The molecule has 0 aliphatic heterocycles. The fraction of sp³-hybridized carbons (Fsp3) is 0.583. The molecule has 0 radical (unpaired) electrons. The normalized spacial score (nSPS) is 10.5. The van der Waals surface area contributed by atoms with Crippen molar-refractivity contribution in [2.24, 2.45) is 0 Å². The van der Waals surface area contributed by atoms with Crippen molar-refractivity contribution in [2.45, 2.75) is 26.7 Å². The number of carbonyl (C=O) groups is 1. The maximum atomic E-state index is 11.7. The second-order valence-corrected chi connectivity index (χ2v) is 3.87. The predicted octanol–water partition coefficient (Wildman–Crippen LogP) is 1.29. The van der Waals surface area contributed by atoms with Crippen molar-refractivity contribution in [1.29, 1.82) is 0 Å². The van der Waals surface area contributed by atoms with Gasteiger partial charge in [0.1, 0.15) is 5.69 Å². The standard InChI is InChI=1S/C12H20N4O/c1-3-7-16(8-4-2)10-15-12(17)11-9-13-5-6-14-11/h5-6,9H,3-4,7-8,10H2,1-2H3,(H,15,17). The first-order valence-electron chi connectivity index (χ1n) is 6.04. The van der Waals surface area contributed by atoms with Gasteiger partial charge in [0.25, 0.3) is 5.91 Å². The van der Waals surface area contributed by atoms with Crippen molar-refractivity contribution in [1.82, 2.24) is 20.2 Å². The molecule has 0 unspecified atom stereocenters. The Morgan fingerprint density at radius 3 is 2.53 bits per heavy atom. The third kappa shape index (κ3) is 4.91. The Morgan fingerprint density at radius 2 is 2.00 bits per heavy atom. The summed E-state index contributed by atoms with van der Waals surface area (Å²) in [5.41, 5.74) is 0.362. The number of nitrogens with zero attached hydrogens (tertiary/aromatic N) is 3. The zero-order valence-electron chi connectivity index (χ0n) is 10.5. The SMILES string of the molecule is CCCN(CCC)CNC(=O)c1cnccn1. The van der Waals surface area contributed by atoms with Gasteiger partial charge in [0.2, 0.25) is 0 Å². The summed E-state index contributed by atoms with van der Waals surface area (Å²) >= 11 is 0. The molecule has 1 aromatic heterocycles. The number of hydrogen-bond acceptors (Lipinski definition) is 4. The van der Waals surface area contributed by atoms with Crippen molar-refractivity contribution >= 4 is 5.91 Å². The topological polar surface area (TPSA) is 58.1 Å². The van der Waals surface area contributed by atoms with E-state index in [9.17, 15) is 4.79 Å². The summed E-state index contributed by atoms with van der Waals surface area (Å²) in [6, 6.07) is 0. The Balaban J connectivity index is 2.41. The van der Waals surface area contributed by atoms with E-state index in [1.54, 1.807) is 6.20 Å². The van der Waals surface area contributed by atoms with Crippen LogP contribution in [0.3, 0.4) is 0 Å². The molecule has 5 heteroatoms. The van der Waals surface area contributed by atoms with Gasteiger partial charge in [-0.15, -0.1) is 0 Å². The highest BCUT2D eigenvalue weighted by molar-refractivity contribution is 5.91. The molecule has 1 aromatic rings. The number of aromatic nitrogens is 2. The largest absolute Gasteiger partial charge is 0.338 e. The van der Waals surface area contributed by atoms with E-state index in [1.807, 2.05) is 0 Å². The Labute approximate surface area is 102 Å². The van der Waals surface area contributed by atoms with Gasteiger partial charge in [-0.2, -0.15) is 0 Å². The van der Waals surface area contributed by atoms with Crippen molar-refractivity contribution in [3.05, 3.63) is 24.3 Å². The van der Waals surface area contributed by atoms with E-state index in [2.05, 4.69) is 34.0 Å². The molecule has 0 saturated heterocycles. The van der Waals surface area contributed by atoms with E-state index < -0.39 is 0 Å². The van der Waals surface area contributed by atoms with E-state index >= 15 is 0 Å². The second-order valence-electron chi connectivity index (χ2n) is 3.87. The van der Waals surface area contributed by atoms with E-state index in [0.29, 0.717) is 12.4 Å². The van der Waals surface area contributed by atoms with Crippen LogP contribution in [0.1, 0.15) is 37.2 Å². The molecule has 1 rings (SSSR count). The third-order valence-corrected chi connectivity index (χ3v) is 2.34. The van der Waals surface area contributed by atoms with Crippen LogP contribution in [-0.4, -0.2) is 40.5 Å². The zero-order chi connectivity index (χ0) is 12.5. The summed E-state index contributed by atoms with van der Waals surface area (Å²) in [6.45, 7) is 6.82. The lowest BCUT2D eigenvalue weighted by Crippen LogP contribution is -2.38. The highest BCUT2D eigenvalue weighted by Gasteiger charge is 2.08. The lowest BCUT2D eigenvalue weighted by atomic mass is 10.3. The van der Waals surface area contributed by atoms with Gasteiger partial charge in [0, 0.05) is 12.4 Å². The first-order valence-corrected chi connectivity index (χ1v) is 6.04. The van der Waals surface area contributed by atoms with Crippen LogP contribution in [0, 0.1) is 0 Å². The summed E-state index contributed by atoms with van der Waals surface area (Å²) in [6.07, 6.45) is 6.71. The third-order valence-electron chi connectivity index (χ3n) is 2.34. The number of amides is 1. The second kappa shape index (κ2) is 7.73. The molecule has 1 amide bonds. The average molecular weight is 236 g/mol. The van der Waals surface area contributed by atoms with Crippen LogP contribution in [0.25, 0.3) is 0 Å². The Hall–Kier alpha value is -1.49. The van der Waals surface area contributed by atoms with Gasteiger partial charge in [-0.25, -0.2) is 4.98 Å². The smallest absolute Gasteiger partial charge is 0.272 e. The molecule has 0 aliphatic carbocycles. The van der Waals surface area contributed by atoms with Crippen molar-refractivity contribution in [3.63, 3.8) is 0 Å². The molecule has 1 heterocycles. The lowest BCUT2D eigenvalue weighted by Gasteiger charge is -2.20. The van der Waals surface area contributed by atoms with Crippen LogP contribution in [0.4, 0.5) is 0 Å². The molecule has 94 valence electrons. The lowest BCUT2D eigenvalue weighted by molar-refractivity contribution is 0.0916. The van der Waals surface area contributed by atoms with Crippen molar-refractivity contribution in [2.75, 3.05) is 19.8 Å². The maximum Gasteiger partial charge on any atom is 0.272 e. The Bertz CT molecular complexity index is 323. The molecule has 0 fully saturated rings. The van der Waals surface area contributed by atoms with Gasteiger partial charge in [-0.05, 0) is 25.9 Å². The molecular formula is C12H20N4O. The fourth-order valence-electron chi connectivity index (χ4n) is 1.59. The molecule has 0 bridgehead atoms. The van der Waals surface area contributed by atoms with E-state index in [0.717, 1.165) is 25.9 Å². The summed E-state index contributed by atoms with van der Waals surface area (Å²) < 4.78 is 0.